The van der Waals surface area contributed by atoms with Crippen LogP contribution in [0.3, 0.4) is 0 Å². The second kappa shape index (κ2) is 5.83. The van der Waals surface area contributed by atoms with Crippen LogP contribution in [0, 0.1) is 17.0 Å². The lowest BCUT2D eigenvalue weighted by molar-refractivity contribution is -0.383. The molecule has 0 saturated heterocycles. The highest BCUT2D eigenvalue weighted by Gasteiger charge is 2.22. The van der Waals surface area contributed by atoms with Gasteiger partial charge >= 0.3 is 5.69 Å². The Morgan fingerprint density at radius 2 is 2.00 bits per heavy atom. The lowest BCUT2D eigenvalue weighted by Crippen LogP contribution is -2.05. The number of aromatic nitrogens is 2. The van der Waals surface area contributed by atoms with E-state index < -0.39 is 4.92 Å². The largest absolute Gasteiger partial charge is 0.367 e. The Kier molecular flexibility index (Phi) is 4.14. The number of anilines is 3. The van der Waals surface area contributed by atoms with Gasteiger partial charge in [-0.1, -0.05) is 22.0 Å². The molecule has 7 nitrogen and oxygen atoms in total. The normalized spacial score (nSPS) is 10.2. The van der Waals surface area contributed by atoms with Gasteiger partial charge in [-0.15, -0.1) is 0 Å². The minimum absolute atomic E-state index is 0.149. The molecular weight excluding hydrogens is 326 g/mol. The van der Waals surface area contributed by atoms with E-state index in [4.69, 9.17) is 0 Å². The van der Waals surface area contributed by atoms with Crippen molar-refractivity contribution in [1.82, 2.24) is 9.97 Å². The van der Waals surface area contributed by atoms with Gasteiger partial charge in [0.2, 0.25) is 11.6 Å². The van der Waals surface area contributed by atoms with Crippen LogP contribution in [-0.4, -0.2) is 21.9 Å². The minimum atomic E-state index is -0.512. The van der Waals surface area contributed by atoms with Crippen LogP contribution in [-0.2, 0) is 0 Å². The fraction of sp³-hybridized carbons (Fsp3) is 0.167. The Bertz CT molecular complexity index is 662. The van der Waals surface area contributed by atoms with E-state index in [0.29, 0.717) is 0 Å². The summed E-state index contributed by atoms with van der Waals surface area (Å²) < 4.78 is 0.910. The molecule has 20 heavy (non-hydrogen) atoms. The van der Waals surface area contributed by atoms with Gasteiger partial charge in [0.25, 0.3) is 0 Å². The summed E-state index contributed by atoms with van der Waals surface area (Å²) in [6.45, 7) is 1.90. The van der Waals surface area contributed by atoms with Crippen molar-refractivity contribution in [2.75, 3.05) is 17.7 Å². The first kappa shape index (κ1) is 14.2. The molecule has 8 heteroatoms. The van der Waals surface area contributed by atoms with Crippen molar-refractivity contribution in [2.45, 2.75) is 6.92 Å². The van der Waals surface area contributed by atoms with Crippen LogP contribution in [0.25, 0.3) is 0 Å². The zero-order valence-electron chi connectivity index (χ0n) is 10.8. The van der Waals surface area contributed by atoms with Gasteiger partial charge in [0.05, 0.1) is 4.92 Å². The third-order valence-electron chi connectivity index (χ3n) is 2.76. The molecule has 0 fully saturated rings. The van der Waals surface area contributed by atoms with Gasteiger partial charge in [0, 0.05) is 17.2 Å². The van der Waals surface area contributed by atoms with Crippen LogP contribution in [0.5, 0.6) is 0 Å². The lowest BCUT2D eigenvalue weighted by Gasteiger charge is -2.11. The van der Waals surface area contributed by atoms with Crippen LogP contribution >= 0.6 is 15.9 Å². The Balaban J connectivity index is 2.48. The fourth-order valence-corrected chi connectivity index (χ4v) is 2.06. The lowest BCUT2D eigenvalue weighted by atomic mass is 10.2. The average molecular weight is 338 g/mol. The fourth-order valence-electron chi connectivity index (χ4n) is 1.70. The molecule has 1 heterocycles. The molecular formula is C12H12BrN5O2. The molecule has 0 atom stereocenters. The summed E-state index contributed by atoms with van der Waals surface area (Å²) >= 11 is 3.42. The summed E-state index contributed by atoms with van der Waals surface area (Å²) in [6, 6.07) is 5.56. The summed E-state index contributed by atoms with van der Waals surface area (Å²) in [7, 11) is 1.57. The molecule has 0 aliphatic heterocycles. The second-order valence-electron chi connectivity index (χ2n) is 3.96. The van der Waals surface area contributed by atoms with Gasteiger partial charge in [-0.25, -0.2) is 9.97 Å². The molecule has 0 saturated carbocycles. The van der Waals surface area contributed by atoms with Crippen LogP contribution in [0.1, 0.15) is 5.56 Å². The smallest absolute Gasteiger partial charge is 0.353 e. The van der Waals surface area contributed by atoms with Crippen LogP contribution < -0.4 is 10.6 Å². The Labute approximate surface area is 123 Å². The van der Waals surface area contributed by atoms with Crippen molar-refractivity contribution in [1.29, 1.82) is 0 Å². The van der Waals surface area contributed by atoms with Crippen molar-refractivity contribution < 1.29 is 4.92 Å². The number of benzene rings is 1. The van der Waals surface area contributed by atoms with E-state index in [1.54, 1.807) is 7.05 Å². The highest BCUT2D eigenvalue weighted by Crippen LogP contribution is 2.33. The molecule has 0 bridgehead atoms. The highest BCUT2D eigenvalue weighted by molar-refractivity contribution is 9.10. The quantitative estimate of drug-likeness (QED) is 0.657. The zero-order valence-corrected chi connectivity index (χ0v) is 12.4. The highest BCUT2D eigenvalue weighted by atomic mass is 79.9. The summed E-state index contributed by atoms with van der Waals surface area (Å²) in [5, 5.41) is 16.8. The number of nitro groups is 1. The van der Waals surface area contributed by atoms with E-state index in [2.05, 4.69) is 36.5 Å². The van der Waals surface area contributed by atoms with Crippen molar-refractivity contribution in [3.63, 3.8) is 0 Å². The number of rotatable bonds is 4. The van der Waals surface area contributed by atoms with Crippen molar-refractivity contribution in [3.05, 3.63) is 44.7 Å². The molecule has 2 N–H and O–H groups in total. The average Bonchev–Trinajstić information content (AvgIpc) is 2.43. The van der Waals surface area contributed by atoms with Crippen molar-refractivity contribution in [3.8, 4) is 0 Å². The molecule has 104 valence electrons. The molecule has 0 unspecified atom stereocenters. The van der Waals surface area contributed by atoms with Gasteiger partial charge in [0.15, 0.2) is 0 Å². The van der Waals surface area contributed by atoms with E-state index >= 15 is 0 Å². The minimum Gasteiger partial charge on any atom is -0.367 e. The summed E-state index contributed by atoms with van der Waals surface area (Å²) in [4.78, 5) is 18.5. The first-order valence-corrected chi connectivity index (χ1v) is 6.53. The number of halogens is 1. The molecule has 0 aliphatic carbocycles. The number of hydrogen-bond donors (Lipinski definition) is 2. The maximum absolute atomic E-state index is 11.2. The molecule has 1 aromatic carbocycles. The molecule has 0 radical (unpaired) electrons. The first-order valence-electron chi connectivity index (χ1n) is 5.74. The molecule has 2 aromatic rings. The third-order valence-corrected chi connectivity index (χ3v) is 3.62. The molecule has 0 spiro atoms. The van der Waals surface area contributed by atoms with Gasteiger partial charge < -0.3 is 10.6 Å². The maximum atomic E-state index is 11.2. The molecule has 0 amide bonds. The third kappa shape index (κ3) is 2.69. The SMILES string of the molecule is CNc1ncnc(Nc2cccc(Br)c2C)c1[N+](=O)[O-]. The number of nitrogens with one attached hydrogen (secondary N) is 2. The number of hydrogen-bond acceptors (Lipinski definition) is 6. The van der Waals surface area contributed by atoms with E-state index in [1.807, 2.05) is 25.1 Å². The van der Waals surface area contributed by atoms with Crippen molar-refractivity contribution in [2.24, 2.45) is 0 Å². The first-order chi connectivity index (χ1) is 9.54. The van der Waals surface area contributed by atoms with Crippen LogP contribution in [0.4, 0.5) is 23.0 Å². The summed E-state index contributed by atoms with van der Waals surface area (Å²) in [5.74, 6) is 0.315. The Morgan fingerprint density at radius 1 is 1.30 bits per heavy atom. The van der Waals surface area contributed by atoms with Crippen molar-refractivity contribution >= 4 is 38.9 Å². The van der Waals surface area contributed by atoms with Gasteiger partial charge in [0.1, 0.15) is 6.33 Å². The predicted octanol–water partition coefficient (Wildman–Crippen LogP) is 3.24. The van der Waals surface area contributed by atoms with Gasteiger partial charge in [-0.2, -0.15) is 0 Å². The Hall–Kier alpha value is -2.22. The van der Waals surface area contributed by atoms with Gasteiger partial charge in [-0.05, 0) is 24.6 Å². The topological polar surface area (TPSA) is 93.0 Å². The van der Waals surface area contributed by atoms with Crippen LogP contribution in [0.15, 0.2) is 29.0 Å². The van der Waals surface area contributed by atoms with E-state index in [1.165, 1.54) is 6.33 Å². The maximum Gasteiger partial charge on any atom is 0.353 e. The molecule has 0 aliphatic rings. The molecule has 1 aromatic heterocycles. The zero-order chi connectivity index (χ0) is 14.7. The second-order valence-corrected chi connectivity index (χ2v) is 4.82. The van der Waals surface area contributed by atoms with E-state index in [-0.39, 0.29) is 17.3 Å². The monoisotopic (exact) mass is 337 g/mol. The van der Waals surface area contributed by atoms with Crippen LogP contribution in [0.2, 0.25) is 0 Å². The predicted molar refractivity (Wildman–Crippen MR) is 80.4 cm³/mol. The number of nitrogens with zero attached hydrogens (tertiary/aromatic N) is 3. The van der Waals surface area contributed by atoms with Gasteiger partial charge in [-0.3, -0.25) is 10.1 Å². The Morgan fingerprint density at radius 3 is 2.65 bits per heavy atom. The van der Waals surface area contributed by atoms with E-state index in [9.17, 15) is 10.1 Å². The summed E-state index contributed by atoms with van der Waals surface area (Å²) in [5.41, 5.74) is 1.49. The standard InChI is InChI=1S/C12H12BrN5O2/c1-7-8(13)4-3-5-9(7)17-12-10(18(19)20)11(14-2)15-6-16-12/h3-6H,1-2H3,(H2,14,15,16,17). The molecule has 2 rings (SSSR count). The summed E-state index contributed by atoms with van der Waals surface area (Å²) in [6.07, 6.45) is 1.27. The van der Waals surface area contributed by atoms with E-state index in [0.717, 1.165) is 15.7 Å².